The molecule has 0 saturated carbocycles. The standard InChI is InChI=1S/C20H28F4O3/c1-3-5-10-25-16-8-9-17(19(22)18(16)21)27-13-20(23,24)11-15-7-6-14(4-2)12-26-15/h8-9,14-15H,3-7,10-13H2,1-2H3. The molecule has 0 bridgehead atoms. The number of rotatable bonds is 10. The Morgan fingerprint density at radius 1 is 1.07 bits per heavy atom. The summed E-state index contributed by atoms with van der Waals surface area (Å²) in [6.45, 7) is 3.70. The summed E-state index contributed by atoms with van der Waals surface area (Å²) in [7, 11) is 0. The SMILES string of the molecule is CCCCOc1ccc(OCC(F)(F)CC2CCC(CC)CO2)c(F)c1F. The summed E-state index contributed by atoms with van der Waals surface area (Å²) < 4.78 is 71.8. The van der Waals surface area contributed by atoms with Crippen molar-refractivity contribution in [3.05, 3.63) is 23.8 Å². The van der Waals surface area contributed by atoms with Gasteiger partial charge in [0.25, 0.3) is 5.92 Å². The van der Waals surface area contributed by atoms with Crippen molar-refractivity contribution in [1.29, 1.82) is 0 Å². The number of hydrogen-bond donors (Lipinski definition) is 0. The molecule has 0 N–H and O–H groups in total. The van der Waals surface area contributed by atoms with Crippen LogP contribution in [-0.4, -0.2) is 31.8 Å². The zero-order valence-corrected chi connectivity index (χ0v) is 15.9. The maximum Gasteiger partial charge on any atom is 0.283 e. The lowest BCUT2D eigenvalue weighted by molar-refractivity contribution is -0.108. The molecule has 1 aliphatic rings. The molecule has 0 radical (unpaired) electrons. The molecule has 154 valence electrons. The molecule has 0 aromatic heterocycles. The highest BCUT2D eigenvalue weighted by Gasteiger charge is 2.36. The maximum atomic E-state index is 14.1. The van der Waals surface area contributed by atoms with Crippen molar-refractivity contribution < 1.29 is 31.8 Å². The van der Waals surface area contributed by atoms with E-state index in [9.17, 15) is 17.6 Å². The van der Waals surface area contributed by atoms with Crippen LogP contribution < -0.4 is 9.47 Å². The van der Waals surface area contributed by atoms with Crippen molar-refractivity contribution in [3.63, 3.8) is 0 Å². The second-order valence-corrected chi connectivity index (χ2v) is 7.05. The summed E-state index contributed by atoms with van der Waals surface area (Å²) in [5.74, 6) is -6.12. The topological polar surface area (TPSA) is 27.7 Å². The highest BCUT2D eigenvalue weighted by Crippen LogP contribution is 2.32. The summed E-state index contributed by atoms with van der Waals surface area (Å²) in [6, 6.07) is 2.30. The van der Waals surface area contributed by atoms with Gasteiger partial charge in [-0.2, -0.15) is 8.78 Å². The van der Waals surface area contributed by atoms with E-state index < -0.39 is 42.4 Å². The van der Waals surface area contributed by atoms with Crippen molar-refractivity contribution in [1.82, 2.24) is 0 Å². The molecule has 1 aliphatic heterocycles. The van der Waals surface area contributed by atoms with Crippen LogP contribution >= 0.6 is 0 Å². The van der Waals surface area contributed by atoms with Gasteiger partial charge in [-0.25, -0.2) is 8.78 Å². The minimum atomic E-state index is -3.19. The van der Waals surface area contributed by atoms with Crippen LogP contribution in [-0.2, 0) is 4.74 Å². The van der Waals surface area contributed by atoms with Gasteiger partial charge in [-0.3, -0.25) is 0 Å². The average molecular weight is 392 g/mol. The molecule has 0 aliphatic carbocycles. The van der Waals surface area contributed by atoms with Crippen molar-refractivity contribution in [3.8, 4) is 11.5 Å². The molecule has 1 aromatic carbocycles. The average Bonchev–Trinajstić information content (AvgIpc) is 2.65. The smallest absolute Gasteiger partial charge is 0.283 e. The van der Waals surface area contributed by atoms with Gasteiger partial charge in [0, 0.05) is 13.0 Å². The summed E-state index contributed by atoms with van der Waals surface area (Å²) in [6.07, 6.45) is 2.92. The first-order valence-corrected chi connectivity index (χ1v) is 9.59. The van der Waals surface area contributed by atoms with Crippen LogP contribution in [0.1, 0.15) is 52.4 Å². The summed E-state index contributed by atoms with van der Waals surface area (Å²) in [5, 5.41) is 0. The van der Waals surface area contributed by atoms with Crippen molar-refractivity contribution in [2.24, 2.45) is 5.92 Å². The monoisotopic (exact) mass is 392 g/mol. The van der Waals surface area contributed by atoms with Crippen molar-refractivity contribution >= 4 is 0 Å². The molecule has 1 aromatic rings. The third kappa shape index (κ3) is 6.55. The second-order valence-electron chi connectivity index (χ2n) is 7.05. The number of hydrogen-bond acceptors (Lipinski definition) is 3. The van der Waals surface area contributed by atoms with Crippen LogP contribution in [0, 0.1) is 17.6 Å². The normalized spacial score (nSPS) is 20.5. The first-order valence-electron chi connectivity index (χ1n) is 9.59. The minimum Gasteiger partial charge on any atom is -0.490 e. The fraction of sp³-hybridized carbons (Fsp3) is 0.700. The number of ether oxygens (including phenoxy) is 3. The van der Waals surface area contributed by atoms with E-state index in [-0.39, 0.29) is 12.4 Å². The first-order chi connectivity index (χ1) is 12.9. The van der Waals surface area contributed by atoms with Crippen LogP contribution in [0.15, 0.2) is 12.1 Å². The Morgan fingerprint density at radius 2 is 1.74 bits per heavy atom. The predicted molar refractivity (Wildman–Crippen MR) is 94.6 cm³/mol. The summed E-state index contributed by atoms with van der Waals surface area (Å²) in [5.41, 5.74) is 0. The van der Waals surface area contributed by atoms with Gasteiger partial charge in [-0.1, -0.05) is 26.7 Å². The van der Waals surface area contributed by atoms with E-state index in [0.29, 0.717) is 25.4 Å². The third-order valence-electron chi connectivity index (χ3n) is 4.77. The molecule has 0 amide bonds. The van der Waals surface area contributed by atoms with Crippen LogP contribution in [0.4, 0.5) is 17.6 Å². The molecule has 1 saturated heterocycles. The molecule has 1 heterocycles. The van der Waals surface area contributed by atoms with Gasteiger partial charge in [-0.15, -0.1) is 0 Å². The Labute approximate surface area is 158 Å². The molecule has 1 fully saturated rings. The minimum absolute atomic E-state index is 0.249. The van der Waals surface area contributed by atoms with Gasteiger partial charge < -0.3 is 14.2 Å². The largest absolute Gasteiger partial charge is 0.490 e. The van der Waals surface area contributed by atoms with E-state index in [4.69, 9.17) is 14.2 Å². The van der Waals surface area contributed by atoms with E-state index in [0.717, 1.165) is 25.3 Å². The third-order valence-corrected chi connectivity index (χ3v) is 4.77. The lowest BCUT2D eigenvalue weighted by Gasteiger charge is -2.30. The fourth-order valence-electron chi connectivity index (χ4n) is 2.98. The maximum absolute atomic E-state index is 14.1. The van der Waals surface area contributed by atoms with Crippen LogP contribution in [0.3, 0.4) is 0 Å². The Hall–Kier alpha value is -1.50. The van der Waals surface area contributed by atoms with Crippen LogP contribution in [0.5, 0.6) is 11.5 Å². The number of halogens is 4. The van der Waals surface area contributed by atoms with Gasteiger partial charge in [0.1, 0.15) is 0 Å². The molecule has 2 unspecified atom stereocenters. The lowest BCUT2D eigenvalue weighted by atomic mass is 9.94. The Bertz CT molecular complexity index is 587. The van der Waals surface area contributed by atoms with Crippen molar-refractivity contribution in [2.75, 3.05) is 19.8 Å². The van der Waals surface area contributed by atoms with Gasteiger partial charge >= 0.3 is 0 Å². The summed E-state index contributed by atoms with van der Waals surface area (Å²) in [4.78, 5) is 0. The van der Waals surface area contributed by atoms with E-state index in [1.165, 1.54) is 6.07 Å². The van der Waals surface area contributed by atoms with Gasteiger partial charge in [0.2, 0.25) is 11.6 Å². The lowest BCUT2D eigenvalue weighted by Crippen LogP contribution is -2.35. The van der Waals surface area contributed by atoms with E-state index in [2.05, 4.69) is 0 Å². The van der Waals surface area contributed by atoms with E-state index >= 15 is 0 Å². The molecular formula is C20H28F4O3. The second kappa shape index (κ2) is 10.2. The first kappa shape index (κ1) is 21.8. The Balaban J connectivity index is 1.88. The van der Waals surface area contributed by atoms with E-state index in [1.54, 1.807) is 0 Å². The quantitative estimate of drug-likeness (QED) is 0.375. The number of alkyl halides is 2. The molecule has 7 heteroatoms. The molecular weight excluding hydrogens is 364 g/mol. The van der Waals surface area contributed by atoms with Crippen molar-refractivity contribution in [2.45, 2.75) is 64.4 Å². The zero-order valence-electron chi connectivity index (χ0n) is 15.9. The highest BCUT2D eigenvalue weighted by atomic mass is 19.3. The van der Waals surface area contributed by atoms with Gasteiger partial charge in [-0.05, 0) is 37.3 Å². The van der Waals surface area contributed by atoms with Crippen LogP contribution in [0.2, 0.25) is 0 Å². The predicted octanol–water partition coefficient (Wildman–Crippen LogP) is 5.75. The highest BCUT2D eigenvalue weighted by molar-refractivity contribution is 5.35. The van der Waals surface area contributed by atoms with Crippen LogP contribution in [0.25, 0.3) is 0 Å². The van der Waals surface area contributed by atoms with Gasteiger partial charge in [0.05, 0.1) is 12.7 Å². The number of unbranched alkanes of at least 4 members (excludes halogenated alkanes) is 1. The molecule has 2 rings (SSSR count). The Morgan fingerprint density at radius 3 is 2.30 bits per heavy atom. The number of benzene rings is 1. The van der Waals surface area contributed by atoms with E-state index in [1.807, 2.05) is 13.8 Å². The molecule has 3 nitrogen and oxygen atoms in total. The summed E-state index contributed by atoms with van der Waals surface area (Å²) >= 11 is 0. The molecule has 27 heavy (non-hydrogen) atoms. The molecule has 2 atom stereocenters. The fourth-order valence-corrected chi connectivity index (χ4v) is 2.98. The Kier molecular flexibility index (Phi) is 8.20. The molecule has 0 spiro atoms. The zero-order chi connectivity index (χ0) is 19.9. The van der Waals surface area contributed by atoms with Gasteiger partial charge in [0.15, 0.2) is 18.1 Å².